The largest absolute Gasteiger partial charge is 0.350 e. The van der Waals surface area contributed by atoms with Gasteiger partial charge in [-0.2, -0.15) is 0 Å². The van der Waals surface area contributed by atoms with Gasteiger partial charge in [-0.1, -0.05) is 18.9 Å². The molecule has 2 aliphatic rings. The molecule has 0 spiro atoms. The maximum absolute atomic E-state index is 13.2. The van der Waals surface area contributed by atoms with Crippen LogP contribution in [0.1, 0.15) is 37.3 Å². The Morgan fingerprint density at radius 3 is 2.94 bits per heavy atom. The van der Waals surface area contributed by atoms with E-state index >= 15 is 0 Å². The van der Waals surface area contributed by atoms with E-state index in [-0.39, 0.29) is 5.82 Å². The van der Waals surface area contributed by atoms with Crippen LogP contribution in [0.25, 0.3) is 0 Å². The lowest BCUT2D eigenvalue weighted by Gasteiger charge is -2.26. The van der Waals surface area contributed by atoms with Gasteiger partial charge in [-0.25, -0.2) is 4.39 Å². The second-order valence-electron chi connectivity index (χ2n) is 5.31. The summed E-state index contributed by atoms with van der Waals surface area (Å²) in [5, 5.41) is 8.14. The molecule has 1 atom stereocenters. The molecule has 1 saturated carbocycles. The van der Waals surface area contributed by atoms with Crippen molar-refractivity contribution in [3.05, 3.63) is 35.1 Å². The zero-order chi connectivity index (χ0) is 12.0. The van der Waals surface area contributed by atoms with Crippen LogP contribution in [-0.4, -0.2) is 16.8 Å². The van der Waals surface area contributed by atoms with E-state index in [0.717, 1.165) is 23.6 Å². The van der Waals surface area contributed by atoms with E-state index in [4.69, 9.17) is 5.41 Å². The third-order valence-corrected chi connectivity index (χ3v) is 3.86. The number of nitrogens with one attached hydrogen (secondary N) is 1. The molecule has 0 aromatic heterocycles. The molecule has 1 aromatic rings. The van der Waals surface area contributed by atoms with Gasteiger partial charge in [-0.15, -0.1) is 0 Å². The molecule has 1 N–H and O–H groups in total. The molecule has 1 fully saturated rings. The summed E-state index contributed by atoms with van der Waals surface area (Å²) >= 11 is 0. The fourth-order valence-electron chi connectivity index (χ4n) is 2.66. The number of amidine groups is 1. The smallest absolute Gasteiger partial charge is 0.129 e. The normalized spacial score (nSPS) is 20.6. The molecular formula is C14H17FN2. The fourth-order valence-corrected chi connectivity index (χ4v) is 2.66. The molecule has 1 heterocycles. The van der Waals surface area contributed by atoms with Gasteiger partial charge in [0.1, 0.15) is 11.7 Å². The highest BCUT2D eigenvalue weighted by atomic mass is 19.1. The van der Waals surface area contributed by atoms with Crippen LogP contribution < -0.4 is 0 Å². The first-order chi connectivity index (χ1) is 8.15. The van der Waals surface area contributed by atoms with Crippen molar-refractivity contribution in [2.75, 3.05) is 0 Å². The molecule has 2 nitrogen and oxygen atoms in total. The number of hydrogen-bond acceptors (Lipinski definition) is 1. The number of benzene rings is 1. The number of nitrogens with zero attached hydrogens (tertiary/aromatic N) is 1. The van der Waals surface area contributed by atoms with Gasteiger partial charge in [0.15, 0.2) is 0 Å². The first kappa shape index (κ1) is 10.8. The maximum Gasteiger partial charge on any atom is 0.129 e. The summed E-state index contributed by atoms with van der Waals surface area (Å²) in [7, 11) is 0. The summed E-state index contributed by atoms with van der Waals surface area (Å²) in [6.07, 6.45) is 3.85. The van der Waals surface area contributed by atoms with Crippen molar-refractivity contribution in [1.82, 2.24) is 4.90 Å². The topological polar surface area (TPSA) is 27.1 Å². The first-order valence-electron chi connectivity index (χ1n) is 6.29. The first-order valence-corrected chi connectivity index (χ1v) is 6.29. The summed E-state index contributed by atoms with van der Waals surface area (Å²) < 4.78 is 13.2. The summed E-state index contributed by atoms with van der Waals surface area (Å²) in [4.78, 5) is 2.10. The summed E-state index contributed by atoms with van der Waals surface area (Å²) in [6.45, 7) is 2.94. The van der Waals surface area contributed by atoms with Gasteiger partial charge >= 0.3 is 0 Å². The molecule has 3 rings (SSSR count). The van der Waals surface area contributed by atoms with Gasteiger partial charge < -0.3 is 4.90 Å². The average Bonchev–Trinajstić information content (AvgIpc) is 3.04. The lowest BCUT2D eigenvalue weighted by atomic mass is 10.1. The molecule has 0 bridgehead atoms. The van der Waals surface area contributed by atoms with Crippen LogP contribution in [0.5, 0.6) is 0 Å². The zero-order valence-corrected chi connectivity index (χ0v) is 10.0. The summed E-state index contributed by atoms with van der Waals surface area (Å²) in [5.41, 5.74) is 1.85. The molecule has 1 unspecified atom stereocenters. The Balaban J connectivity index is 1.80. The Kier molecular flexibility index (Phi) is 2.42. The Morgan fingerprint density at radius 2 is 2.24 bits per heavy atom. The van der Waals surface area contributed by atoms with E-state index in [1.54, 1.807) is 0 Å². The highest BCUT2D eigenvalue weighted by Crippen LogP contribution is 2.36. The van der Waals surface area contributed by atoms with Gasteiger partial charge in [0, 0.05) is 18.2 Å². The van der Waals surface area contributed by atoms with Crippen molar-refractivity contribution in [3.63, 3.8) is 0 Å². The summed E-state index contributed by atoms with van der Waals surface area (Å²) in [5.74, 6) is 1.11. The fraction of sp³-hybridized carbons (Fsp3) is 0.500. The van der Waals surface area contributed by atoms with E-state index < -0.39 is 0 Å². The van der Waals surface area contributed by atoms with E-state index in [2.05, 4.69) is 11.8 Å². The van der Waals surface area contributed by atoms with Crippen molar-refractivity contribution in [2.24, 2.45) is 5.92 Å². The highest BCUT2D eigenvalue weighted by Gasteiger charge is 2.31. The lowest BCUT2D eigenvalue weighted by molar-refractivity contribution is 0.307. The standard InChI is InChI=1S/C14H17FN2/c1-9(6-10-2-3-10)17-8-11-4-5-12(15)7-13(11)14(17)16/h4-5,7,9-10,16H,2-3,6,8H2,1H3. The van der Waals surface area contributed by atoms with Gasteiger partial charge in [0.2, 0.25) is 0 Å². The Bertz CT molecular complexity index is 465. The van der Waals surface area contributed by atoms with Crippen LogP contribution in [0.4, 0.5) is 4.39 Å². The van der Waals surface area contributed by atoms with Crippen LogP contribution in [0.2, 0.25) is 0 Å². The third-order valence-electron chi connectivity index (χ3n) is 3.86. The predicted octanol–water partition coefficient (Wildman–Crippen LogP) is 3.16. The van der Waals surface area contributed by atoms with Gasteiger partial charge in [-0.05, 0) is 37.0 Å². The number of hydrogen-bond donors (Lipinski definition) is 1. The Hall–Kier alpha value is -1.38. The number of rotatable bonds is 3. The zero-order valence-electron chi connectivity index (χ0n) is 10.0. The van der Waals surface area contributed by atoms with Crippen molar-refractivity contribution in [2.45, 2.75) is 38.8 Å². The van der Waals surface area contributed by atoms with Crippen LogP contribution in [0.3, 0.4) is 0 Å². The molecule has 0 radical (unpaired) electrons. The lowest BCUT2D eigenvalue weighted by Crippen LogP contribution is -2.33. The second kappa shape index (κ2) is 3.83. The van der Waals surface area contributed by atoms with E-state index in [1.165, 1.54) is 31.4 Å². The Morgan fingerprint density at radius 1 is 1.47 bits per heavy atom. The van der Waals surface area contributed by atoms with E-state index in [1.807, 2.05) is 6.07 Å². The minimum atomic E-state index is -0.245. The molecule has 1 aromatic carbocycles. The van der Waals surface area contributed by atoms with Crippen LogP contribution in [-0.2, 0) is 6.54 Å². The van der Waals surface area contributed by atoms with Gasteiger partial charge in [0.25, 0.3) is 0 Å². The maximum atomic E-state index is 13.2. The molecule has 17 heavy (non-hydrogen) atoms. The quantitative estimate of drug-likeness (QED) is 0.851. The number of fused-ring (bicyclic) bond motifs is 1. The minimum Gasteiger partial charge on any atom is -0.350 e. The molecule has 0 amide bonds. The van der Waals surface area contributed by atoms with Crippen molar-refractivity contribution in [1.29, 1.82) is 5.41 Å². The van der Waals surface area contributed by atoms with Crippen molar-refractivity contribution in [3.8, 4) is 0 Å². The molecule has 3 heteroatoms. The summed E-state index contributed by atoms with van der Waals surface area (Å²) in [6, 6.07) is 5.18. The molecular weight excluding hydrogens is 215 g/mol. The van der Waals surface area contributed by atoms with Crippen molar-refractivity contribution >= 4 is 5.84 Å². The van der Waals surface area contributed by atoms with Crippen LogP contribution in [0.15, 0.2) is 18.2 Å². The van der Waals surface area contributed by atoms with Gasteiger partial charge in [-0.3, -0.25) is 5.41 Å². The van der Waals surface area contributed by atoms with Crippen molar-refractivity contribution < 1.29 is 4.39 Å². The molecule has 1 aliphatic carbocycles. The SMILES string of the molecule is CC(CC1CC1)N1Cc2ccc(F)cc2C1=N. The average molecular weight is 232 g/mol. The monoisotopic (exact) mass is 232 g/mol. The van der Waals surface area contributed by atoms with Gasteiger partial charge in [0.05, 0.1) is 0 Å². The van der Waals surface area contributed by atoms with Crippen LogP contribution in [0, 0.1) is 17.1 Å². The number of halogens is 1. The third kappa shape index (κ3) is 1.94. The molecule has 90 valence electrons. The van der Waals surface area contributed by atoms with Crippen LogP contribution >= 0.6 is 0 Å². The highest BCUT2D eigenvalue weighted by molar-refractivity contribution is 6.00. The van der Waals surface area contributed by atoms with E-state index in [9.17, 15) is 4.39 Å². The molecule has 0 saturated heterocycles. The minimum absolute atomic E-state index is 0.245. The Labute approximate surface area is 101 Å². The second-order valence-corrected chi connectivity index (χ2v) is 5.31. The predicted molar refractivity (Wildman–Crippen MR) is 65.6 cm³/mol. The molecule has 1 aliphatic heterocycles. The van der Waals surface area contributed by atoms with E-state index in [0.29, 0.717) is 11.9 Å².